The average molecular weight is 479 g/mol. The summed E-state index contributed by atoms with van der Waals surface area (Å²) in [6.45, 7) is 0. The number of ether oxygens (including phenoxy) is 6. The Morgan fingerprint density at radius 2 is 1.29 bits per heavy atom. The van der Waals surface area contributed by atoms with Gasteiger partial charge in [-0.1, -0.05) is 0 Å². The van der Waals surface area contributed by atoms with Crippen LogP contribution in [0, 0.1) is 0 Å². The second-order valence-electron chi connectivity index (χ2n) is 7.20. The van der Waals surface area contributed by atoms with E-state index in [1.807, 2.05) is 36.5 Å². The Labute approximate surface area is 202 Å². The average Bonchev–Trinajstić information content (AvgIpc) is 3.28. The van der Waals surface area contributed by atoms with Crippen LogP contribution in [-0.4, -0.2) is 63.2 Å². The number of methoxy groups -OCH3 is 6. The van der Waals surface area contributed by atoms with Gasteiger partial charge in [-0.2, -0.15) is 0 Å². The molecule has 35 heavy (non-hydrogen) atoms. The summed E-state index contributed by atoms with van der Waals surface area (Å²) in [6.07, 6.45) is 5.22. The van der Waals surface area contributed by atoms with Crippen LogP contribution >= 0.6 is 0 Å². The standard InChI is InChI=1S/C25H26N4O6/c1-30-17-10-15(11-18(31-2)22(17)34-5)14-27-24-21(28-25-26-8-7-9-29(24)25)16-12-19(32-3)23(35-6)20(13-16)33-4/h7-14H,1-6H3. The topological polar surface area (TPSA) is 97.9 Å². The molecule has 0 aliphatic heterocycles. The Morgan fingerprint density at radius 1 is 0.743 bits per heavy atom. The van der Waals surface area contributed by atoms with Gasteiger partial charge in [0.15, 0.2) is 28.8 Å². The van der Waals surface area contributed by atoms with E-state index < -0.39 is 0 Å². The monoisotopic (exact) mass is 478 g/mol. The summed E-state index contributed by atoms with van der Waals surface area (Å²) in [5.74, 6) is 4.12. The van der Waals surface area contributed by atoms with E-state index in [9.17, 15) is 0 Å². The van der Waals surface area contributed by atoms with Crippen LogP contribution in [0.15, 0.2) is 47.7 Å². The Balaban J connectivity index is 1.89. The van der Waals surface area contributed by atoms with Gasteiger partial charge < -0.3 is 28.4 Å². The molecule has 2 aromatic carbocycles. The lowest BCUT2D eigenvalue weighted by molar-refractivity contribution is 0.324. The quantitative estimate of drug-likeness (QED) is 0.330. The number of imidazole rings is 1. The normalized spacial score (nSPS) is 11.0. The van der Waals surface area contributed by atoms with E-state index >= 15 is 0 Å². The minimum Gasteiger partial charge on any atom is -0.493 e. The number of fused-ring (bicyclic) bond motifs is 1. The van der Waals surface area contributed by atoms with Crippen LogP contribution in [0.5, 0.6) is 34.5 Å². The molecule has 0 aliphatic rings. The number of hydrogen-bond donors (Lipinski definition) is 0. The molecule has 0 aliphatic carbocycles. The van der Waals surface area contributed by atoms with Gasteiger partial charge in [0, 0.05) is 29.7 Å². The maximum Gasteiger partial charge on any atom is 0.236 e. The van der Waals surface area contributed by atoms with Gasteiger partial charge in [-0.25, -0.2) is 15.0 Å². The summed E-state index contributed by atoms with van der Waals surface area (Å²) in [4.78, 5) is 13.9. The van der Waals surface area contributed by atoms with Gasteiger partial charge in [-0.05, 0) is 30.3 Å². The molecule has 10 heteroatoms. The van der Waals surface area contributed by atoms with E-state index in [0.717, 1.165) is 11.1 Å². The Kier molecular flexibility index (Phi) is 6.91. The molecule has 2 heterocycles. The summed E-state index contributed by atoms with van der Waals surface area (Å²) < 4.78 is 34.6. The third-order valence-corrected chi connectivity index (χ3v) is 5.34. The number of rotatable bonds is 9. The van der Waals surface area contributed by atoms with Crippen molar-refractivity contribution in [2.24, 2.45) is 4.99 Å². The molecule has 0 spiro atoms. The van der Waals surface area contributed by atoms with Crippen LogP contribution in [0.2, 0.25) is 0 Å². The number of aromatic nitrogens is 3. The van der Waals surface area contributed by atoms with Crippen molar-refractivity contribution < 1.29 is 28.4 Å². The SMILES string of the molecule is COc1cc(C=Nc2c(-c3cc(OC)c(OC)c(OC)c3)nc3ncccn23)cc(OC)c1OC. The molecule has 182 valence electrons. The fraction of sp³-hybridized carbons (Fsp3) is 0.240. The molecule has 0 fully saturated rings. The van der Waals surface area contributed by atoms with Crippen molar-refractivity contribution in [1.82, 2.24) is 14.4 Å². The zero-order valence-electron chi connectivity index (χ0n) is 20.4. The fourth-order valence-corrected chi connectivity index (χ4v) is 3.72. The van der Waals surface area contributed by atoms with E-state index in [0.29, 0.717) is 51.8 Å². The molecule has 0 unspecified atom stereocenters. The summed E-state index contributed by atoms with van der Waals surface area (Å²) in [6, 6.07) is 9.08. The summed E-state index contributed by atoms with van der Waals surface area (Å²) in [5, 5.41) is 0. The first-order valence-electron chi connectivity index (χ1n) is 10.6. The zero-order valence-corrected chi connectivity index (χ0v) is 20.4. The van der Waals surface area contributed by atoms with Gasteiger partial charge in [-0.15, -0.1) is 0 Å². The molecular weight excluding hydrogens is 452 g/mol. The van der Waals surface area contributed by atoms with Gasteiger partial charge in [0.1, 0.15) is 5.69 Å². The van der Waals surface area contributed by atoms with Crippen molar-refractivity contribution in [3.8, 4) is 45.8 Å². The fourth-order valence-electron chi connectivity index (χ4n) is 3.72. The second kappa shape index (κ2) is 10.2. The van der Waals surface area contributed by atoms with Crippen molar-refractivity contribution >= 4 is 17.8 Å². The third-order valence-electron chi connectivity index (χ3n) is 5.34. The lowest BCUT2D eigenvalue weighted by atomic mass is 10.1. The predicted molar refractivity (Wildman–Crippen MR) is 131 cm³/mol. The maximum absolute atomic E-state index is 5.52. The lowest BCUT2D eigenvalue weighted by Gasteiger charge is -2.13. The minimum absolute atomic E-state index is 0.489. The molecule has 2 aromatic heterocycles. The molecule has 0 N–H and O–H groups in total. The molecule has 0 atom stereocenters. The molecule has 4 aromatic rings. The molecule has 0 saturated carbocycles. The number of nitrogens with zero attached hydrogens (tertiary/aromatic N) is 4. The molecule has 0 amide bonds. The molecular formula is C25H26N4O6. The van der Waals surface area contributed by atoms with Gasteiger partial charge in [0.25, 0.3) is 0 Å². The van der Waals surface area contributed by atoms with Crippen LogP contribution in [0.25, 0.3) is 17.0 Å². The number of hydrogen-bond acceptors (Lipinski definition) is 9. The summed E-state index contributed by atoms with van der Waals surface area (Å²) in [7, 11) is 9.38. The predicted octanol–water partition coefficient (Wildman–Crippen LogP) is 4.20. The van der Waals surface area contributed by atoms with Crippen LogP contribution in [0.3, 0.4) is 0 Å². The van der Waals surface area contributed by atoms with Crippen molar-refractivity contribution in [2.45, 2.75) is 0 Å². The summed E-state index contributed by atoms with van der Waals surface area (Å²) in [5.41, 5.74) is 2.06. The van der Waals surface area contributed by atoms with E-state index in [1.165, 1.54) is 0 Å². The van der Waals surface area contributed by atoms with E-state index in [1.54, 1.807) is 59.5 Å². The number of benzene rings is 2. The first-order chi connectivity index (χ1) is 17.1. The van der Waals surface area contributed by atoms with Crippen molar-refractivity contribution in [3.05, 3.63) is 48.3 Å². The maximum atomic E-state index is 5.52. The van der Waals surface area contributed by atoms with Gasteiger partial charge >= 0.3 is 0 Å². The van der Waals surface area contributed by atoms with Gasteiger partial charge in [0.05, 0.1) is 42.7 Å². The Morgan fingerprint density at radius 3 is 1.80 bits per heavy atom. The van der Waals surface area contributed by atoms with Gasteiger partial charge in [0.2, 0.25) is 17.3 Å². The van der Waals surface area contributed by atoms with Crippen molar-refractivity contribution in [3.63, 3.8) is 0 Å². The third kappa shape index (κ3) is 4.37. The highest BCUT2D eigenvalue weighted by atomic mass is 16.5. The highest BCUT2D eigenvalue weighted by Crippen LogP contribution is 2.43. The van der Waals surface area contributed by atoms with Crippen LogP contribution in [0.4, 0.5) is 5.82 Å². The molecule has 0 bridgehead atoms. The minimum atomic E-state index is 0.489. The molecule has 0 saturated heterocycles. The largest absolute Gasteiger partial charge is 0.493 e. The Bertz CT molecular complexity index is 1330. The molecule has 10 nitrogen and oxygen atoms in total. The summed E-state index contributed by atoms with van der Waals surface area (Å²) >= 11 is 0. The van der Waals surface area contributed by atoms with E-state index in [-0.39, 0.29) is 0 Å². The van der Waals surface area contributed by atoms with Crippen molar-refractivity contribution in [2.75, 3.05) is 42.7 Å². The smallest absolute Gasteiger partial charge is 0.236 e. The highest BCUT2D eigenvalue weighted by molar-refractivity contribution is 5.87. The van der Waals surface area contributed by atoms with Gasteiger partial charge in [-0.3, -0.25) is 4.40 Å². The second-order valence-corrected chi connectivity index (χ2v) is 7.20. The first kappa shape index (κ1) is 23.7. The van der Waals surface area contributed by atoms with Crippen molar-refractivity contribution in [1.29, 1.82) is 0 Å². The van der Waals surface area contributed by atoms with Crippen LogP contribution < -0.4 is 28.4 Å². The van der Waals surface area contributed by atoms with E-state index in [2.05, 4.69) is 4.98 Å². The molecule has 4 rings (SSSR count). The molecule has 0 radical (unpaired) electrons. The lowest BCUT2D eigenvalue weighted by Crippen LogP contribution is -1.97. The van der Waals surface area contributed by atoms with E-state index in [4.69, 9.17) is 38.4 Å². The highest BCUT2D eigenvalue weighted by Gasteiger charge is 2.20. The van der Waals surface area contributed by atoms with Crippen LogP contribution in [0.1, 0.15) is 5.56 Å². The number of aliphatic imine (C=N–C) groups is 1. The Hall–Kier alpha value is -4.47. The zero-order chi connectivity index (χ0) is 24.9. The first-order valence-corrected chi connectivity index (χ1v) is 10.6. The van der Waals surface area contributed by atoms with Crippen LogP contribution in [-0.2, 0) is 0 Å².